The number of hydrogen-bond acceptors (Lipinski definition) is 3. The molecular weight excluding hydrogens is 245 g/mol. The van der Waals surface area contributed by atoms with Crippen LogP contribution in [0, 0.1) is 6.92 Å². The molecule has 1 aromatic carbocycles. The van der Waals surface area contributed by atoms with Gasteiger partial charge in [0, 0.05) is 17.0 Å². The van der Waals surface area contributed by atoms with Crippen LogP contribution in [0.2, 0.25) is 0 Å². The molecule has 0 N–H and O–H groups in total. The first-order valence-electron chi connectivity index (χ1n) is 5.14. The Hall–Kier alpha value is -2.18. The molecule has 0 fully saturated rings. The normalized spacial score (nSPS) is 12.4. The third-order valence-corrected chi connectivity index (χ3v) is 2.66. The SMILES string of the molecule is Cc1ncc2ccc3c(cnn3C(F)(F)F)c2n1. The van der Waals surface area contributed by atoms with Crippen LogP contribution >= 0.6 is 0 Å². The van der Waals surface area contributed by atoms with E-state index in [2.05, 4.69) is 15.1 Å². The van der Waals surface area contributed by atoms with E-state index in [9.17, 15) is 13.2 Å². The average molecular weight is 252 g/mol. The van der Waals surface area contributed by atoms with Gasteiger partial charge >= 0.3 is 6.30 Å². The summed E-state index contributed by atoms with van der Waals surface area (Å²) in [6, 6.07) is 2.93. The molecule has 4 nitrogen and oxygen atoms in total. The third kappa shape index (κ3) is 1.51. The highest BCUT2D eigenvalue weighted by Crippen LogP contribution is 2.29. The maximum atomic E-state index is 12.7. The summed E-state index contributed by atoms with van der Waals surface area (Å²) < 4.78 is 38.1. The van der Waals surface area contributed by atoms with E-state index in [-0.39, 0.29) is 10.2 Å². The lowest BCUT2D eigenvalue weighted by molar-refractivity contribution is -0.209. The molecule has 0 aliphatic heterocycles. The van der Waals surface area contributed by atoms with E-state index < -0.39 is 6.30 Å². The standard InChI is InChI=1S/C11H7F3N4/c1-6-15-4-7-2-3-9-8(10(7)17-6)5-16-18(9)11(12,13)14/h2-5H,1H3. The fraction of sp³-hybridized carbons (Fsp3) is 0.182. The molecule has 0 amide bonds. The topological polar surface area (TPSA) is 43.6 Å². The zero-order valence-electron chi connectivity index (χ0n) is 9.23. The minimum absolute atomic E-state index is 0.00639. The number of benzene rings is 1. The summed E-state index contributed by atoms with van der Waals surface area (Å²) in [6.45, 7) is 1.69. The van der Waals surface area contributed by atoms with Gasteiger partial charge < -0.3 is 0 Å². The number of fused-ring (bicyclic) bond motifs is 3. The van der Waals surface area contributed by atoms with E-state index in [1.165, 1.54) is 12.3 Å². The van der Waals surface area contributed by atoms with Crippen molar-refractivity contribution in [1.29, 1.82) is 0 Å². The van der Waals surface area contributed by atoms with Gasteiger partial charge in [-0.25, -0.2) is 9.97 Å². The molecular formula is C11H7F3N4. The fourth-order valence-corrected chi connectivity index (χ4v) is 1.89. The largest absolute Gasteiger partial charge is 0.505 e. The Kier molecular flexibility index (Phi) is 2.07. The molecule has 0 unspecified atom stereocenters. The molecule has 0 bridgehead atoms. The molecule has 0 saturated carbocycles. The van der Waals surface area contributed by atoms with Gasteiger partial charge in [-0.3, -0.25) is 0 Å². The summed E-state index contributed by atoms with van der Waals surface area (Å²) in [6.07, 6.45) is -1.77. The average Bonchev–Trinajstić information content (AvgIpc) is 2.72. The van der Waals surface area contributed by atoms with Gasteiger partial charge in [0.2, 0.25) is 0 Å². The van der Waals surface area contributed by atoms with Crippen LogP contribution < -0.4 is 0 Å². The zero-order valence-corrected chi connectivity index (χ0v) is 9.23. The summed E-state index contributed by atoms with van der Waals surface area (Å²) in [7, 11) is 0. The Bertz CT molecular complexity index is 745. The summed E-state index contributed by atoms with van der Waals surface area (Å²) in [5.74, 6) is 0.509. The summed E-state index contributed by atoms with van der Waals surface area (Å²) in [5, 5.41) is 4.44. The number of aryl methyl sites for hydroxylation is 1. The van der Waals surface area contributed by atoms with E-state index in [0.717, 1.165) is 0 Å². The second-order valence-electron chi connectivity index (χ2n) is 3.88. The van der Waals surface area contributed by atoms with Crippen LogP contribution in [0.1, 0.15) is 5.82 Å². The van der Waals surface area contributed by atoms with E-state index in [1.807, 2.05) is 0 Å². The molecule has 7 heteroatoms. The lowest BCUT2D eigenvalue weighted by Gasteiger charge is -2.07. The van der Waals surface area contributed by atoms with Crippen LogP contribution in [-0.2, 0) is 6.30 Å². The molecule has 2 aromatic heterocycles. The van der Waals surface area contributed by atoms with Crippen molar-refractivity contribution in [3.05, 3.63) is 30.4 Å². The van der Waals surface area contributed by atoms with Gasteiger partial charge in [0.05, 0.1) is 17.2 Å². The van der Waals surface area contributed by atoms with Crippen molar-refractivity contribution in [1.82, 2.24) is 19.7 Å². The van der Waals surface area contributed by atoms with Gasteiger partial charge in [-0.15, -0.1) is 13.2 Å². The number of alkyl halides is 3. The third-order valence-electron chi connectivity index (χ3n) is 2.66. The van der Waals surface area contributed by atoms with Crippen LogP contribution in [0.5, 0.6) is 0 Å². The Labute approximate surface area is 99.1 Å². The van der Waals surface area contributed by atoms with E-state index in [0.29, 0.717) is 22.1 Å². The number of hydrogen-bond donors (Lipinski definition) is 0. The highest BCUT2D eigenvalue weighted by atomic mass is 19.4. The first-order chi connectivity index (χ1) is 8.47. The van der Waals surface area contributed by atoms with Crippen LogP contribution in [0.15, 0.2) is 24.5 Å². The van der Waals surface area contributed by atoms with Crippen molar-refractivity contribution in [2.45, 2.75) is 13.2 Å². The summed E-state index contributed by atoms with van der Waals surface area (Å²) in [4.78, 5) is 8.18. The van der Waals surface area contributed by atoms with E-state index >= 15 is 0 Å². The highest BCUT2D eigenvalue weighted by Gasteiger charge is 2.33. The van der Waals surface area contributed by atoms with Crippen LogP contribution in [0.25, 0.3) is 21.8 Å². The van der Waals surface area contributed by atoms with Gasteiger partial charge in [0.1, 0.15) is 5.82 Å². The van der Waals surface area contributed by atoms with E-state index in [1.54, 1.807) is 19.2 Å². The van der Waals surface area contributed by atoms with Gasteiger partial charge in [-0.2, -0.15) is 9.78 Å². The second kappa shape index (κ2) is 3.41. The molecule has 0 aliphatic rings. The molecule has 0 spiro atoms. The molecule has 2 heterocycles. The maximum Gasteiger partial charge on any atom is 0.505 e. The molecule has 3 aromatic rings. The molecule has 3 rings (SSSR count). The van der Waals surface area contributed by atoms with Crippen molar-refractivity contribution in [2.24, 2.45) is 0 Å². The smallest absolute Gasteiger partial charge is 0.241 e. The van der Waals surface area contributed by atoms with Crippen LogP contribution in [0.4, 0.5) is 13.2 Å². The van der Waals surface area contributed by atoms with Crippen molar-refractivity contribution in [2.75, 3.05) is 0 Å². The molecule has 0 aliphatic carbocycles. The van der Waals surface area contributed by atoms with Gasteiger partial charge in [0.15, 0.2) is 0 Å². The fourth-order valence-electron chi connectivity index (χ4n) is 1.89. The maximum absolute atomic E-state index is 12.7. The number of aromatic nitrogens is 4. The Morgan fingerprint density at radius 3 is 2.67 bits per heavy atom. The van der Waals surface area contributed by atoms with Crippen LogP contribution in [-0.4, -0.2) is 19.7 Å². The molecule has 92 valence electrons. The predicted molar refractivity (Wildman–Crippen MR) is 58.9 cm³/mol. The quantitative estimate of drug-likeness (QED) is 0.618. The molecule has 0 saturated heterocycles. The minimum Gasteiger partial charge on any atom is -0.241 e. The second-order valence-corrected chi connectivity index (χ2v) is 3.88. The first-order valence-corrected chi connectivity index (χ1v) is 5.14. The summed E-state index contributed by atoms with van der Waals surface area (Å²) >= 11 is 0. The highest BCUT2D eigenvalue weighted by molar-refractivity contribution is 6.03. The lowest BCUT2D eigenvalue weighted by atomic mass is 10.2. The minimum atomic E-state index is -4.53. The lowest BCUT2D eigenvalue weighted by Crippen LogP contribution is -2.17. The Morgan fingerprint density at radius 1 is 1.17 bits per heavy atom. The van der Waals surface area contributed by atoms with Gasteiger partial charge in [-0.05, 0) is 19.1 Å². The first kappa shape index (κ1) is 10.9. The van der Waals surface area contributed by atoms with E-state index in [4.69, 9.17) is 0 Å². The molecule has 0 atom stereocenters. The molecule has 0 radical (unpaired) electrons. The monoisotopic (exact) mass is 252 g/mol. The van der Waals surface area contributed by atoms with Gasteiger partial charge in [0.25, 0.3) is 0 Å². The molecule has 18 heavy (non-hydrogen) atoms. The Balaban J connectivity index is 2.43. The number of halogens is 3. The number of nitrogens with zero attached hydrogens (tertiary/aromatic N) is 4. The van der Waals surface area contributed by atoms with Crippen molar-refractivity contribution in [3.8, 4) is 0 Å². The Morgan fingerprint density at radius 2 is 1.94 bits per heavy atom. The van der Waals surface area contributed by atoms with Crippen molar-refractivity contribution >= 4 is 21.8 Å². The number of rotatable bonds is 0. The zero-order chi connectivity index (χ0) is 12.9. The summed E-state index contributed by atoms with van der Waals surface area (Å²) in [5.41, 5.74) is 0.476. The van der Waals surface area contributed by atoms with Crippen molar-refractivity contribution < 1.29 is 13.2 Å². The van der Waals surface area contributed by atoms with Crippen molar-refractivity contribution in [3.63, 3.8) is 0 Å². The van der Waals surface area contributed by atoms with Gasteiger partial charge in [-0.1, -0.05) is 0 Å². The predicted octanol–water partition coefficient (Wildman–Crippen LogP) is 2.76. The van der Waals surface area contributed by atoms with Crippen LogP contribution in [0.3, 0.4) is 0 Å².